The molecule has 0 spiro atoms. The molecule has 6 aromatic rings. The Labute approximate surface area is 306 Å². The smallest absolute Gasteiger partial charge is 0.266 e. The van der Waals surface area contributed by atoms with Gasteiger partial charge in [-0.1, -0.05) is 78.1 Å². The van der Waals surface area contributed by atoms with Crippen LogP contribution in [0.2, 0.25) is 0 Å². The van der Waals surface area contributed by atoms with Crippen LogP contribution in [0.15, 0.2) is 146 Å². The summed E-state index contributed by atoms with van der Waals surface area (Å²) in [4.78, 5) is 55.8. The maximum Gasteiger partial charge on any atom is 0.266 e. The molecule has 7 rings (SSSR count). The second kappa shape index (κ2) is 14.9. The lowest BCUT2D eigenvalue weighted by atomic mass is 10.1. The summed E-state index contributed by atoms with van der Waals surface area (Å²) < 4.78 is 0. The van der Waals surface area contributed by atoms with Crippen molar-refractivity contribution in [3.63, 3.8) is 0 Å². The van der Waals surface area contributed by atoms with Gasteiger partial charge in [0.2, 0.25) is 0 Å². The van der Waals surface area contributed by atoms with Gasteiger partial charge in [0.05, 0.1) is 16.8 Å². The first-order chi connectivity index (χ1) is 25.8. The summed E-state index contributed by atoms with van der Waals surface area (Å²) in [7, 11) is 0. The van der Waals surface area contributed by atoms with Crippen LogP contribution in [0, 0.1) is 36.0 Å². The van der Waals surface area contributed by atoms with E-state index in [4.69, 9.17) is 6.42 Å². The van der Waals surface area contributed by atoms with Crippen LogP contribution in [0.3, 0.4) is 0 Å². The number of fused-ring (bicyclic) bond motifs is 1. The zero-order valence-electron chi connectivity index (χ0n) is 28.0. The van der Waals surface area contributed by atoms with Crippen molar-refractivity contribution in [3.8, 4) is 36.0 Å². The number of carbonyl (C=O) groups is 4. The minimum atomic E-state index is -0.625. The number of carbonyl (C=O) groups excluding carboxylic acids is 4. The van der Waals surface area contributed by atoms with Crippen molar-refractivity contribution in [1.29, 1.82) is 0 Å². The third-order valence-electron chi connectivity index (χ3n) is 8.24. The molecule has 4 amide bonds. The summed E-state index contributed by atoms with van der Waals surface area (Å²) in [5.74, 6) is 12.5. The van der Waals surface area contributed by atoms with Crippen LogP contribution < -0.4 is 15.5 Å². The highest BCUT2D eigenvalue weighted by Gasteiger charge is 2.37. The first-order valence-corrected chi connectivity index (χ1v) is 16.5. The highest BCUT2D eigenvalue weighted by Crippen LogP contribution is 2.31. The predicted octanol–water partition coefficient (Wildman–Crippen LogP) is 7.77. The normalized spacial score (nSPS) is 11.3. The number of imide groups is 1. The summed E-state index contributed by atoms with van der Waals surface area (Å²) in [6, 6.07) is 41.8. The fraction of sp³-hybridized carbons (Fsp3) is 0. The fourth-order valence-corrected chi connectivity index (χ4v) is 5.66. The average molecular weight is 686 g/mol. The number of nitrogens with one attached hydrogen (secondary N) is 2. The van der Waals surface area contributed by atoms with Gasteiger partial charge >= 0.3 is 0 Å². The van der Waals surface area contributed by atoms with Gasteiger partial charge in [-0.3, -0.25) is 19.2 Å². The molecule has 0 saturated carbocycles. The van der Waals surface area contributed by atoms with Crippen molar-refractivity contribution in [1.82, 2.24) is 0 Å². The van der Waals surface area contributed by atoms with E-state index in [0.29, 0.717) is 28.1 Å². The monoisotopic (exact) mass is 685 g/mol. The van der Waals surface area contributed by atoms with Crippen molar-refractivity contribution >= 4 is 40.7 Å². The van der Waals surface area contributed by atoms with Gasteiger partial charge in [-0.2, -0.15) is 0 Å². The van der Waals surface area contributed by atoms with E-state index >= 15 is 0 Å². The molecule has 0 aliphatic carbocycles. The van der Waals surface area contributed by atoms with Gasteiger partial charge in [0.25, 0.3) is 23.6 Å². The third kappa shape index (κ3) is 7.64. The van der Waals surface area contributed by atoms with Gasteiger partial charge in [-0.15, -0.1) is 6.42 Å². The van der Waals surface area contributed by atoms with Crippen LogP contribution in [-0.4, -0.2) is 23.6 Å². The number of terminal acetylenes is 1. The van der Waals surface area contributed by atoms with Gasteiger partial charge < -0.3 is 10.6 Å². The fourth-order valence-electron chi connectivity index (χ4n) is 5.66. The largest absolute Gasteiger partial charge is 0.322 e. The van der Waals surface area contributed by atoms with Gasteiger partial charge in [-0.05, 0) is 97.1 Å². The lowest BCUT2D eigenvalue weighted by Crippen LogP contribution is -2.30. The van der Waals surface area contributed by atoms with E-state index < -0.39 is 23.6 Å². The Hall–Kier alpha value is -7.92. The quantitative estimate of drug-likeness (QED) is 0.143. The number of hydrogen-bond donors (Lipinski definition) is 2. The van der Waals surface area contributed by atoms with Crippen molar-refractivity contribution in [3.05, 3.63) is 196 Å². The molecule has 7 nitrogen and oxygen atoms in total. The highest BCUT2D eigenvalue weighted by molar-refractivity contribution is 6.35. The van der Waals surface area contributed by atoms with E-state index in [2.05, 4.69) is 40.2 Å². The van der Waals surface area contributed by atoms with E-state index in [-0.39, 0.29) is 27.9 Å². The van der Waals surface area contributed by atoms with E-state index in [1.807, 2.05) is 72.8 Å². The molecule has 1 aliphatic heterocycles. The highest BCUT2D eigenvalue weighted by atomic mass is 16.2. The first-order valence-electron chi connectivity index (χ1n) is 16.5. The molecule has 250 valence electrons. The second-order valence-electron chi connectivity index (χ2n) is 11.9. The van der Waals surface area contributed by atoms with E-state index in [1.165, 1.54) is 30.3 Å². The Morgan fingerprint density at radius 1 is 0.472 bits per heavy atom. The number of amides is 4. The minimum absolute atomic E-state index is 0.0387. The lowest BCUT2D eigenvalue weighted by Gasteiger charge is -2.17. The molecule has 1 heterocycles. The zero-order valence-corrected chi connectivity index (χ0v) is 28.0. The predicted molar refractivity (Wildman–Crippen MR) is 206 cm³/mol. The molecule has 0 radical (unpaired) electrons. The van der Waals surface area contributed by atoms with Crippen LogP contribution in [0.25, 0.3) is 0 Å². The third-order valence-corrected chi connectivity index (χ3v) is 8.24. The molecular weight excluding hydrogens is 659 g/mol. The molecule has 0 fully saturated rings. The molecule has 0 unspecified atom stereocenters. The van der Waals surface area contributed by atoms with E-state index in [1.54, 1.807) is 42.5 Å². The Morgan fingerprint density at radius 3 is 1.45 bits per heavy atom. The van der Waals surface area contributed by atoms with Crippen molar-refractivity contribution in [2.24, 2.45) is 0 Å². The van der Waals surface area contributed by atoms with Gasteiger partial charge in [0.1, 0.15) is 0 Å². The maximum absolute atomic E-state index is 13.8. The summed E-state index contributed by atoms with van der Waals surface area (Å²) in [6.45, 7) is 0. The van der Waals surface area contributed by atoms with Crippen LogP contribution in [0.5, 0.6) is 0 Å². The zero-order chi connectivity index (χ0) is 36.7. The number of benzene rings is 6. The Morgan fingerprint density at radius 2 is 0.943 bits per heavy atom. The molecule has 53 heavy (non-hydrogen) atoms. The van der Waals surface area contributed by atoms with Crippen LogP contribution in [0.1, 0.15) is 69.2 Å². The van der Waals surface area contributed by atoms with Crippen LogP contribution in [-0.2, 0) is 0 Å². The Kier molecular flexibility index (Phi) is 9.44. The van der Waals surface area contributed by atoms with Crippen LogP contribution >= 0.6 is 0 Å². The molecule has 0 atom stereocenters. The van der Waals surface area contributed by atoms with Gasteiger partial charge in [-0.25, -0.2) is 4.90 Å². The topological polar surface area (TPSA) is 95.6 Å². The molecule has 0 saturated heterocycles. The van der Waals surface area contributed by atoms with Gasteiger partial charge in [0.15, 0.2) is 0 Å². The van der Waals surface area contributed by atoms with Gasteiger partial charge in [0, 0.05) is 50.3 Å². The average Bonchev–Trinajstić information content (AvgIpc) is 3.45. The van der Waals surface area contributed by atoms with E-state index in [9.17, 15) is 19.2 Å². The summed E-state index contributed by atoms with van der Waals surface area (Å²) in [6.07, 6.45) is 5.54. The van der Waals surface area contributed by atoms with Crippen molar-refractivity contribution < 1.29 is 19.2 Å². The Bertz CT molecular complexity index is 2480. The van der Waals surface area contributed by atoms with E-state index in [0.717, 1.165) is 16.0 Å². The molecule has 6 aromatic carbocycles. The maximum atomic E-state index is 13.8. The molecule has 1 aliphatic rings. The molecule has 2 N–H and O–H groups in total. The molecule has 7 heteroatoms. The Balaban J connectivity index is 1.20. The number of rotatable bonds is 5. The standard InChI is InChI=1S/C46H27N3O4/c1-2-31-23-24-41-42(27-31)46(53)49(45(41)52)40-29-36(43(50)47-38-17-9-15-34(25-38)21-19-32-11-5-3-6-12-32)28-37(30-40)44(51)48-39-18-10-16-35(26-39)22-20-33-13-7-4-8-14-33/h1,3-18,23-30H,(H,47,50)(H,48,51). The number of nitrogens with zero attached hydrogens (tertiary/aromatic N) is 1. The molecule has 0 bridgehead atoms. The lowest BCUT2D eigenvalue weighted by molar-refractivity contribution is 0.0922. The minimum Gasteiger partial charge on any atom is -0.322 e. The summed E-state index contributed by atoms with van der Waals surface area (Å²) in [5.41, 5.74) is 4.82. The second-order valence-corrected chi connectivity index (χ2v) is 11.9. The molecule has 0 aromatic heterocycles. The number of hydrogen-bond acceptors (Lipinski definition) is 4. The molecular formula is C46H27N3O4. The van der Waals surface area contributed by atoms with Crippen molar-refractivity contribution in [2.45, 2.75) is 0 Å². The SMILES string of the molecule is C#Cc1ccc2c(c1)C(=O)N(c1cc(C(=O)Nc3cccc(C#Cc4ccccc4)c3)cc(C(=O)Nc3cccc(C#Cc4ccccc4)c3)c1)C2=O. The number of anilines is 3. The van der Waals surface area contributed by atoms with Crippen molar-refractivity contribution in [2.75, 3.05) is 15.5 Å². The van der Waals surface area contributed by atoms with Crippen LogP contribution in [0.4, 0.5) is 17.1 Å². The summed E-state index contributed by atoms with van der Waals surface area (Å²) in [5, 5.41) is 5.71. The summed E-state index contributed by atoms with van der Waals surface area (Å²) >= 11 is 0. The first kappa shape index (κ1) is 33.6.